The second-order valence-corrected chi connectivity index (χ2v) is 4.08. The molecule has 0 spiro atoms. The molecular formula is C13H16N2O2. The van der Waals surface area contributed by atoms with Gasteiger partial charge < -0.3 is 4.42 Å². The summed E-state index contributed by atoms with van der Waals surface area (Å²) in [6.45, 7) is 6.53. The number of aryl methyl sites for hydroxylation is 3. The minimum atomic E-state index is 0.0749. The maximum Gasteiger partial charge on any atom is 0.172 e. The van der Waals surface area contributed by atoms with Crippen LogP contribution in [0.25, 0.3) is 0 Å². The molecule has 0 saturated carbocycles. The number of hydrogen-bond donors (Lipinski definition) is 0. The minimum Gasteiger partial charge on any atom is -0.469 e. The summed E-state index contributed by atoms with van der Waals surface area (Å²) in [5, 5.41) is 4.33. The Bertz CT molecular complexity index is 537. The Balaban J connectivity index is 2.21. The van der Waals surface area contributed by atoms with Crippen LogP contribution in [0.5, 0.6) is 0 Å². The zero-order chi connectivity index (χ0) is 12.4. The molecule has 0 saturated heterocycles. The van der Waals surface area contributed by atoms with Gasteiger partial charge in [0.25, 0.3) is 0 Å². The van der Waals surface area contributed by atoms with Crippen molar-refractivity contribution in [2.24, 2.45) is 0 Å². The van der Waals surface area contributed by atoms with Gasteiger partial charge in [-0.1, -0.05) is 0 Å². The van der Waals surface area contributed by atoms with E-state index in [0.717, 1.165) is 17.9 Å². The molecule has 0 unspecified atom stereocenters. The average molecular weight is 232 g/mol. The highest BCUT2D eigenvalue weighted by Crippen LogP contribution is 2.13. The van der Waals surface area contributed by atoms with Gasteiger partial charge in [-0.05, 0) is 32.9 Å². The van der Waals surface area contributed by atoms with Crippen LogP contribution in [0.15, 0.2) is 22.8 Å². The third-order valence-corrected chi connectivity index (χ3v) is 2.79. The van der Waals surface area contributed by atoms with Gasteiger partial charge in [0.05, 0.1) is 23.9 Å². The number of rotatable bonds is 4. The molecule has 4 nitrogen and oxygen atoms in total. The quantitative estimate of drug-likeness (QED) is 0.761. The number of aromatic nitrogens is 2. The summed E-state index contributed by atoms with van der Waals surface area (Å²) in [6.07, 6.45) is 1.92. The molecule has 0 bridgehead atoms. The largest absolute Gasteiger partial charge is 0.469 e. The Morgan fingerprint density at radius 1 is 1.47 bits per heavy atom. The van der Waals surface area contributed by atoms with Crippen LogP contribution in [0.1, 0.15) is 34.4 Å². The molecule has 0 aromatic carbocycles. The van der Waals surface area contributed by atoms with Crippen LogP contribution < -0.4 is 0 Å². The normalized spacial score (nSPS) is 10.8. The number of carbonyl (C=O) groups excluding carboxylic acids is 1. The van der Waals surface area contributed by atoms with Crippen LogP contribution >= 0.6 is 0 Å². The summed E-state index contributed by atoms with van der Waals surface area (Å²) in [6, 6.07) is 3.67. The molecule has 0 aliphatic rings. The molecule has 4 heteroatoms. The second kappa shape index (κ2) is 4.57. The van der Waals surface area contributed by atoms with Gasteiger partial charge in [0.1, 0.15) is 5.76 Å². The molecule has 0 aliphatic heterocycles. The van der Waals surface area contributed by atoms with Crippen LogP contribution in [-0.2, 0) is 13.0 Å². The Morgan fingerprint density at radius 2 is 2.24 bits per heavy atom. The first kappa shape index (κ1) is 11.6. The summed E-state index contributed by atoms with van der Waals surface area (Å²) in [5.74, 6) is 0.750. The van der Waals surface area contributed by atoms with E-state index in [0.29, 0.717) is 17.7 Å². The fraction of sp³-hybridized carbons (Fsp3) is 0.385. The number of carbonyl (C=O) groups is 1. The van der Waals surface area contributed by atoms with Crippen LogP contribution in [-0.4, -0.2) is 15.6 Å². The number of nitrogens with zero attached hydrogens (tertiary/aromatic N) is 2. The minimum absolute atomic E-state index is 0.0749. The van der Waals surface area contributed by atoms with Crippen molar-refractivity contribution in [2.75, 3.05) is 0 Å². The monoisotopic (exact) mass is 232 g/mol. The molecular weight excluding hydrogens is 216 g/mol. The molecule has 2 heterocycles. The molecule has 90 valence electrons. The van der Waals surface area contributed by atoms with Gasteiger partial charge in [-0.25, -0.2) is 0 Å². The first-order valence-electron chi connectivity index (χ1n) is 5.72. The van der Waals surface area contributed by atoms with Crippen LogP contribution in [0.4, 0.5) is 0 Å². The van der Waals surface area contributed by atoms with Gasteiger partial charge in [-0.3, -0.25) is 9.48 Å². The SMILES string of the molecule is CCn1nc(C)cc1CC(=O)c1ccoc1C. The lowest BCUT2D eigenvalue weighted by Crippen LogP contribution is -2.09. The Labute approximate surface area is 100 Å². The van der Waals surface area contributed by atoms with E-state index in [1.807, 2.05) is 24.6 Å². The van der Waals surface area contributed by atoms with Crippen molar-refractivity contribution in [2.45, 2.75) is 33.7 Å². The summed E-state index contributed by atoms with van der Waals surface area (Å²) in [5.41, 5.74) is 2.56. The van der Waals surface area contributed by atoms with Gasteiger partial charge in [0.2, 0.25) is 0 Å². The van der Waals surface area contributed by atoms with Gasteiger partial charge >= 0.3 is 0 Å². The van der Waals surface area contributed by atoms with E-state index in [9.17, 15) is 4.79 Å². The fourth-order valence-electron chi connectivity index (χ4n) is 1.95. The molecule has 0 radical (unpaired) electrons. The van der Waals surface area contributed by atoms with Gasteiger partial charge in [0.15, 0.2) is 5.78 Å². The lowest BCUT2D eigenvalue weighted by atomic mass is 10.1. The third kappa shape index (κ3) is 2.30. The highest BCUT2D eigenvalue weighted by Gasteiger charge is 2.15. The Morgan fingerprint density at radius 3 is 2.82 bits per heavy atom. The first-order chi connectivity index (χ1) is 8.11. The Kier molecular flexibility index (Phi) is 3.13. The maximum absolute atomic E-state index is 12.1. The summed E-state index contributed by atoms with van der Waals surface area (Å²) in [7, 11) is 0. The van der Waals surface area contributed by atoms with Gasteiger partial charge in [0, 0.05) is 12.2 Å². The molecule has 17 heavy (non-hydrogen) atoms. The van der Waals surface area contributed by atoms with Crippen molar-refractivity contribution in [1.82, 2.24) is 9.78 Å². The van der Waals surface area contributed by atoms with Crippen molar-refractivity contribution in [3.05, 3.63) is 41.1 Å². The number of ketones is 1. The zero-order valence-corrected chi connectivity index (χ0v) is 10.4. The van der Waals surface area contributed by atoms with E-state index >= 15 is 0 Å². The van der Waals surface area contributed by atoms with Crippen molar-refractivity contribution >= 4 is 5.78 Å². The Hall–Kier alpha value is -1.84. The number of furan rings is 1. The lowest BCUT2D eigenvalue weighted by Gasteiger charge is -2.03. The molecule has 0 atom stereocenters. The summed E-state index contributed by atoms with van der Waals surface area (Å²) < 4.78 is 7.01. The van der Waals surface area contributed by atoms with Crippen molar-refractivity contribution in [1.29, 1.82) is 0 Å². The second-order valence-electron chi connectivity index (χ2n) is 4.08. The van der Waals surface area contributed by atoms with E-state index in [1.54, 1.807) is 19.3 Å². The molecule has 0 amide bonds. The van der Waals surface area contributed by atoms with Crippen molar-refractivity contribution in [3.8, 4) is 0 Å². The molecule has 0 fully saturated rings. The smallest absolute Gasteiger partial charge is 0.172 e. The lowest BCUT2D eigenvalue weighted by molar-refractivity contribution is 0.0989. The van der Waals surface area contributed by atoms with Gasteiger partial charge in [-0.2, -0.15) is 5.10 Å². The van der Waals surface area contributed by atoms with E-state index in [-0.39, 0.29) is 5.78 Å². The molecule has 2 rings (SSSR count). The highest BCUT2D eigenvalue weighted by atomic mass is 16.3. The fourth-order valence-corrected chi connectivity index (χ4v) is 1.95. The topological polar surface area (TPSA) is 48.0 Å². The van der Waals surface area contributed by atoms with Crippen LogP contribution in [0.3, 0.4) is 0 Å². The van der Waals surface area contributed by atoms with E-state index in [4.69, 9.17) is 4.42 Å². The van der Waals surface area contributed by atoms with Crippen LogP contribution in [0, 0.1) is 13.8 Å². The molecule has 0 N–H and O–H groups in total. The summed E-state index contributed by atoms with van der Waals surface area (Å²) >= 11 is 0. The van der Waals surface area contributed by atoms with Crippen molar-refractivity contribution < 1.29 is 9.21 Å². The predicted octanol–water partition coefficient (Wildman–Crippen LogP) is 2.54. The molecule has 2 aromatic rings. The van der Waals surface area contributed by atoms with E-state index in [1.165, 1.54) is 0 Å². The first-order valence-corrected chi connectivity index (χ1v) is 5.72. The van der Waals surface area contributed by atoms with Crippen molar-refractivity contribution in [3.63, 3.8) is 0 Å². The van der Waals surface area contributed by atoms with Crippen LogP contribution in [0.2, 0.25) is 0 Å². The summed E-state index contributed by atoms with van der Waals surface area (Å²) in [4.78, 5) is 12.1. The molecule has 2 aromatic heterocycles. The van der Waals surface area contributed by atoms with E-state index in [2.05, 4.69) is 5.10 Å². The predicted molar refractivity (Wildman–Crippen MR) is 64.1 cm³/mol. The third-order valence-electron chi connectivity index (χ3n) is 2.79. The standard InChI is InChI=1S/C13H16N2O2/c1-4-15-11(7-9(2)14-15)8-13(16)12-5-6-17-10(12)3/h5-7H,4,8H2,1-3H3. The number of hydrogen-bond acceptors (Lipinski definition) is 3. The van der Waals surface area contributed by atoms with Gasteiger partial charge in [-0.15, -0.1) is 0 Å². The molecule has 0 aliphatic carbocycles. The maximum atomic E-state index is 12.1. The van der Waals surface area contributed by atoms with E-state index < -0.39 is 0 Å². The number of Topliss-reactive ketones (excluding diaryl/α,β-unsaturated/α-hetero) is 1. The highest BCUT2D eigenvalue weighted by molar-refractivity contribution is 5.98. The average Bonchev–Trinajstić information content (AvgIpc) is 2.84. The zero-order valence-electron chi connectivity index (χ0n) is 10.4.